The van der Waals surface area contributed by atoms with Gasteiger partial charge in [-0.15, -0.1) is 11.3 Å². The van der Waals surface area contributed by atoms with Crippen LogP contribution in [-0.2, 0) is 6.42 Å². The number of nitrogens with one attached hydrogen (secondary N) is 1. The monoisotopic (exact) mass is 171 g/mol. The summed E-state index contributed by atoms with van der Waals surface area (Å²) in [5.41, 5.74) is 0. The molecule has 54 valence electrons. The molecular weight excluding hydrogens is 162 g/mol. The first kappa shape index (κ1) is 6.70. The Morgan fingerprint density at radius 2 is 2.50 bits per heavy atom. The molecule has 10 heavy (non-hydrogen) atoms. The summed E-state index contributed by atoms with van der Waals surface area (Å²) in [6, 6.07) is 2.20. The zero-order valence-corrected chi connectivity index (χ0v) is 7.23. The van der Waals surface area contributed by atoms with E-state index in [0.717, 1.165) is 6.54 Å². The van der Waals surface area contributed by atoms with E-state index in [0.29, 0.717) is 0 Å². The van der Waals surface area contributed by atoms with Gasteiger partial charge in [0.05, 0.1) is 0 Å². The lowest BCUT2D eigenvalue weighted by Crippen LogP contribution is -2.01. The normalized spacial score (nSPS) is 18.0. The van der Waals surface area contributed by atoms with Crippen LogP contribution in [0.2, 0.25) is 0 Å². The predicted molar refractivity (Wildman–Crippen MR) is 46.5 cm³/mol. The fourth-order valence-electron chi connectivity index (χ4n) is 1.05. The van der Waals surface area contributed by atoms with Crippen LogP contribution in [0.4, 0.5) is 0 Å². The van der Waals surface area contributed by atoms with Gasteiger partial charge >= 0.3 is 0 Å². The molecule has 2 heterocycles. The molecule has 1 aliphatic rings. The van der Waals surface area contributed by atoms with Gasteiger partial charge in [0.2, 0.25) is 0 Å². The van der Waals surface area contributed by atoms with Gasteiger partial charge in [0.25, 0.3) is 0 Å². The minimum atomic E-state index is 1.14. The van der Waals surface area contributed by atoms with Gasteiger partial charge in [0, 0.05) is 16.3 Å². The molecule has 0 saturated carbocycles. The van der Waals surface area contributed by atoms with Gasteiger partial charge in [-0.2, -0.15) is 0 Å². The van der Waals surface area contributed by atoms with Crippen LogP contribution in [-0.4, -0.2) is 6.54 Å². The van der Waals surface area contributed by atoms with Gasteiger partial charge < -0.3 is 0 Å². The van der Waals surface area contributed by atoms with Crippen molar-refractivity contribution in [3.05, 3.63) is 16.3 Å². The van der Waals surface area contributed by atoms with Crippen LogP contribution in [0.1, 0.15) is 11.3 Å². The van der Waals surface area contributed by atoms with E-state index < -0.39 is 0 Å². The molecule has 0 unspecified atom stereocenters. The molecule has 0 aromatic carbocycles. The zero-order valence-electron chi connectivity index (χ0n) is 5.59. The summed E-state index contributed by atoms with van der Waals surface area (Å²) in [7, 11) is 0. The Balaban J connectivity index is 2.28. The molecule has 1 nitrogen and oxygen atoms in total. The maximum Gasteiger partial charge on any atom is 0.0367 e. The molecule has 0 fully saturated rings. The first-order valence-corrected chi connectivity index (χ1v) is 5.12. The highest BCUT2D eigenvalue weighted by molar-refractivity contribution is 7.97. The Morgan fingerprint density at radius 1 is 1.50 bits per heavy atom. The topological polar surface area (TPSA) is 12.0 Å². The highest BCUT2D eigenvalue weighted by Crippen LogP contribution is 2.28. The zero-order chi connectivity index (χ0) is 6.81. The highest BCUT2D eigenvalue weighted by atomic mass is 32.2. The van der Waals surface area contributed by atoms with Crippen LogP contribution in [0.25, 0.3) is 0 Å². The van der Waals surface area contributed by atoms with Gasteiger partial charge in [-0.3, -0.25) is 4.72 Å². The van der Waals surface area contributed by atoms with Crippen LogP contribution < -0.4 is 4.72 Å². The molecule has 0 aliphatic carbocycles. The van der Waals surface area contributed by atoms with Crippen molar-refractivity contribution in [2.45, 2.75) is 17.7 Å². The molecule has 1 N–H and O–H groups in total. The molecule has 0 bridgehead atoms. The van der Waals surface area contributed by atoms with Crippen LogP contribution in [0.5, 0.6) is 0 Å². The van der Waals surface area contributed by atoms with E-state index in [2.05, 4.69) is 16.2 Å². The number of hydrogen-bond donors (Lipinski definition) is 1. The van der Waals surface area contributed by atoms with Gasteiger partial charge in [-0.25, -0.2) is 0 Å². The largest absolute Gasteiger partial charge is 0.260 e. The summed E-state index contributed by atoms with van der Waals surface area (Å²) in [6.07, 6.45) is 2.54. The maximum absolute atomic E-state index is 3.31. The molecule has 0 spiro atoms. The second-order valence-corrected chi connectivity index (χ2v) is 4.24. The molecule has 0 radical (unpaired) electrons. The van der Waals surface area contributed by atoms with Crippen LogP contribution in [0.3, 0.4) is 0 Å². The van der Waals surface area contributed by atoms with Crippen molar-refractivity contribution in [1.29, 1.82) is 0 Å². The third-order valence-electron chi connectivity index (χ3n) is 1.57. The molecule has 0 amide bonds. The lowest BCUT2D eigenvalue weighted by molar-refractivity contribution is 0.814. The summed E-state index contributed by atoms with van der Waals surface area (Å²) >= 11 is 3.65. The summed E-state index contributed by atoms with van der Waals surface area (Å²) in [4.78, 5) is 2.98. The molecule has 2 rings (SSSR count). The minimum absolute atomic E-state index is 1.14. The first-order valence-electron chi connectivity index (χ1n) is 3.43. The minimum Gasteiger partial charge on any atom is -0.260 e. The summed E-state index contributed by atoms with van der Waals surface area (Å²) in [5, 5.41) is 2.17. The molecule has 1 aromatic rings. The van der Waals surface area contributed by atoms with E-state index in [9.17, 15) is 0 Å². The van der Waals surface area contributed by atoms with Gasteiger partial charge in [0.15, 0.2) is 0 Å². The fraction of sp³-hybridized carbons (Fsp3) is 0.429. The maximum atomic E-state index is 3.31. The van der Waals surface area contributed by atoms with Crippen LogP contribution in [0.15, 0.2) is 16.3 Å². The average molecular weight is 171 g/mol. The summed E-state index contributed by atoms with van der Waals surface area (Å²) in [6.45, 7) is 1.14. The van der Waals surface area contributed by atoms with E-state index in [-0.39, 0.29) is 0 Å². The van der Waals surface area contributed by atoms with Gasteiger partial charge in [0.1, 0.15) is 0 Å². The van der Waals surface area contributed by atoms with E-state index in [1.165, 1.54) is 17.7 Å². The first-order chi connectivity index (χ1) is 4.97. The molecule has 1 aromatic heterocycles. The molecule has 1 aliphatic heterocycles. The Morgan fingerprint density at radius 3 is 3.50 bits per heavy atom. The number of thiophene rings is 1. The number of aryl methyl sites for hydroxylation is 1. The Bertz CT molecular complexity index is 199. The van der Waals surface area contributed by atoms with E-state index >= 15 is 0 Å². The second-order valence-electron chi connectivity index (χ2n) is 2.31. The second kappa shape index (κ2) is 2.95. The highest BCUT2D eigenvalue weighted by Gasteiger charge is 2.07. The van der Waals surface area contributed by atoms with Crippen molar-refractivity contribution in [3.63, 3.8) is 0 Å². The average Bonchev–Trinajstić information content (AvgIpc) is 2.28. The van der Waals surface area contributed by atoms with Crippen molar-refractivity contribution < 1.29 is 0 Å². The Labute approximate surface area is 69.0 Å². The van der Waals surface area contributed by atoms with Gasteiger partial charge in [-0.05, 0) is 36.2 Å². The van der Waals surface area contributed by atoms with Crippen LogP contribution in [0, 0.1) is 0 Å². The van der Waals surface area contributed by atoms with Gasteiger partial charge in [-0.1, -0.05) is 0 Å². The summed E-state index contributed by atoms with van der Waals surface area (Å²) < 4.78 is 3.31. The third-order valence-corrected chi connectivity index (χ3v) is 3.63. The van der Waals surface area contributed by atoms with E-state index in [1.54, 1.807) is 16.8 Å². The number of rotatable bonds is 0. The smallest absolute Gasteiger partial charge is 0.0367 e. The Kier molecular flexibility index (Phi) is 1.97. The molecule has 0 saturated heterocycles. The fourth-order valence-corrected chi connectivity index (χ4v) is 2.98. The molecule has 3 heteroatoms. The molecular formula is C7H9NS2. The van der Waals surface area contributed by atoms with Crippen LogP contribution >= 0.6 is 23.3 Å². The van der Waals surface area contributed by atoms with Crippen molar-refractivity contribution in [2.75, 3.05) is 6.54 Å². The molecule has 0 atom stereocenters. The lowest BCUT2D eigenvalue weighted by atomic mass is 10.3. The van der Waals surface area contributed by atoms with Crippen molar-refractivity contribution in [1.82, 2.24) is 4.72 Å². The van der Waals surface area contributed by atoms with E-state index in [4.69, 9.17) is 0 Å². The van der Waals surface area contributed by atoms with Crippen molar-refractivity contribution in [2.24, 2.45) is 0 Å². The quantitative estimate of drug-likeness (QED) is 0.601. The van der Waals surface area contributed by atoms with Crippen molar-refractivity contribution in [3.8, 4) is 0 Å². The SMILES string of the molecule is c1cc2c(s1)CCCNS2. The lowest BCUT2D eigenvalue weighted by Gasteiger charge is -1.93. The van der Waals surface area contributed by atoms with E-state index in [1.807, 2.05) is 11.3 Å². The standard InChI is InChI=1S/C7H9NS2/c1-2-6-7(3-5-9-6)10-8-4-1/h3,5,8H,1-2,4H2. The summed E-state index contributed by atoms with van der Waals surface area (Å²) in [5.74, 6) is 0. The van der Waals surface area contributed by atoms with Crippen molar-refractivity contribution >= 4 is 23.3 Å². The number of hydrogen-bond acceptors (Lipinski definition) is 3. The number of fused-ring (bicyclic) bond motifs is 1. The third kappa shape index (κ3) is 1.21. The Hall–Kier alpha value is 0.01000. The predicted octanol–water partition coefficient (Wildman–Crippen LogP) is 2.29.